The van der Waals surface area contributed by atoms with Crippen LogP contribution in [0.5, 0.6) is 11.5 Å². The topological polar surface area (TPSA) is 47.6 Å². The molecule has 1 N–H and O–H groups in total. The Hall–Kier alpha value is -1.23. The van der Waals surface area contributed by atoms with E-state index in [-0.39, 0.29) is 10.7 Å². The van der Waals surface area contributed by atoms with E-state index in [9.17, 15) is 4.79 Å². The van der Waals surface area contributed by atoms with E-state index in [1.807, 2.05) is 18.2 Å². The van der Waals surface area contributed by atoms with Crippen LogP contribution in [-0.2, 0) is 11.2 Å². The van der Waals surface area contributed by atoms with Crippen LogP contribution in [0.25, 0.3) is 0 Å². The third-order valence-electron chi connectivity index (χ3n) is 2.68. The number of nitrogens with one attached hydrogen (secondary N) is 1. The standard InChI is InChI=1S/C13H16BrNO3/c1-9(14)13(16)15-5-4-10-2-3-11-12(8-10)18-7-6-17-11/h2-3,8-9H,4-7H2,1H3,(H,15,16). The fourth-order valence-corrected chi connectivity index (χ4v) is 1.88. The number of benzene rings is 1. The highest BCUT2D eigenvalue weighted by molar-refractivity contribution is 9.10. The first-order valence-corrected chi connectivity index (χ1v) is 6.88. The van der Waals surface area contributed by atoms with Crippen LogP contribution in [0.3, 0.4) is 0 Å². The van der Waals surface area contributed by atoms with Crippen molar-refractivity contribution in [2.75, 3.05) is 19.8 Å². The largest absolute Gasteiger partial charge is 0.486 e. The second-order valence-electron chi connectivity index (χ2n) is 4.14. The number of amides is 1. The van der Waals surface area contributed by atoms with Crippen LogP contribution >= 0.6 is 15.9 Å². The number of rotatable bonds is 4. The molecule has 1 amide bonds. The zero-order valence-electron chi connectivity index (χ0n) is 10.2. The van der Waals surface area contributed by atoms with Crippen LogP contribution in [0.1, 0.15) is 12.5 Å². The van der Waals surface area contributed by atoms with E-state index < -0.39 is 0 Å². The SMILES string of the molecule is CC(Br)C(=O)NCCc1ccc2c(c1)OCCO2. The number of ether oxygens (including phenoxy) is 2. The summed E-state index contributed by atoms with van der Waals surface area (Å²) in [7, 11) is 0. The molecule has 1 aliphatic heterocycles. The molecule has 1 aliphatic rings. The summed E-state index contributed by atoms with van der Waals surface area (Å²) in [5, 5.41) is 2.85. The number of carbonyl (C=O) groups excluding carboxylic acids is 1. The molecule has 1 atom stereocenters. The van der Waals surface area contributed by atoms with Gasteiger partial charge in [0, 0.05) is 6.54 Å². The summed E-state index contributed by atoms with van der Waals surface area (Å²) in [5.74, 6) is 1.59. The van der Waals surface area contributed by atoms with E-state index >= 15 is 0 Å². The van der Waals surface area contributed by atoms with Gasteiger partial charge < -0.3 is 14.8 Å². The predicted molar refractivity (Wildman–Crippen MR) is 72.5 cm³/mol. The molecule has 0 bridgehead atoms. The molecule has 1 heterocycles. The predicted octanol–water partition coefficient (Wildman–Crippen LogP) is 1.90. The van der Waals surface area contributed by atoms with Crippen molar-refractivity contribution in [3.63, 3.8) is 0 Å². The summed E-state index contributed by atoms with van der Waals surface area (Å²) in [6.07, 6.45) is 0.780. The Labute approximate surface area is 115 Å². The third-order valence-corrected chi connectivity index (χ3v) is 3.10. The molecule has 1 unspecified atom stereocenters. The van der Waals surface area contributed by atoms with Crippen molar-refractivity contribution in [1.29, 1.82) is 0 Å². The Kier molecular flexibility index (Phi) is 4.47. The van der Waals surface area contributed by atoms with Gasteiger partial charge in [0.15, 0.2) is 11.5 Å². The molecular weight excluding hydrogens is 298 g/mol. The van der Waals surface area contributed by atoms with Crippen molar-refractivity contribution in [1.82, 2.24) is 5.32 Å². The zero-order valence-corrected chi connectivity index (χ0v) is 11.8. The maximum Gasteiger partial charge on any atom is 0.233 e. The summed E-state index contributed by atoms with van der Waals surface area (Å²) >= 11 is 3.23. The smallest absolute Gasteiger partial charge is 0.233 e. The van der Waals surface area contributed by atoms with Crippen LogP contribution in [0.15, 0.2) is 18.2 Å². The van der Waals surface area contributed by atoms with Crippen LogP contribution < -0.4 is 14.8 Å². The lowest BCUT2D eigenvalue weighted by Gasteiger charge is -2.18. The van der Waals surface area contributed by atoms with E-state index in [0.717, 1.165) is 23.5 Å². The van der Waals surface area contributed by atoms with Gasteiger partial charge in [0.2, 0.25) is 5.91 Å². The monoisotopic (exact) mass is 313 g/mol. The lowest BCUT2D eigenvalue weighted by Crippen LogP contribution is -2.31. The maximum absolute atomic E-state index is 11.4. The molecule has 0 saturated carbocycles. The first kappa shape index (κ1) is 13.2. The molecule has 0 aliphatic carbocycles. The minimum Gasteiger partial charge on any atom is -0.486 e. The summed E-state index contributed by atoms with van der Waals surface area (Å²) < 4.78 is 11.0. The van der Waals surface area contributed by atoms with Crippen molar-refractivity contribution in [3.8, 4) is 11.5 Å². The highest BCUT2D eigenvalue weighted by atomic mass is 79.9. The van der Waals surface area contributed by atoms with Gasteiger partial charge in [0.25, 0.3) is 0 Å². The normalized spacial score (nSPS) is 15.0. The van der Waals surface area contributed by atoms with Gasteiger partial charge in [-0.3, -0.25) is 4.79 Å². The van der Waals surface area contributed by atoms with Gasteiger partial charge in [-0.25, -0.2) is 0 Å². The first-order valence-electron chi connectivity index (χ1n) is 5.97. The van der Waals surface area contributed by atoms with Crippen LogP contribution in [0.2, 0.25) is 0 Å². The minimum atomic E-state index is -0.155. The Balaban J connectivity index is 1.88. The van der Waals surface area contributed by atoms with Crippen molar-refractivity contribution < 1.29 is 14.3 Å². The fourth-order valence-electron chi connectivity index (χ4n) is 1.71. The summed E-state index contributed by atoms with van der Waals surface area (Å²) in [5.41, 5.74) is 1.13. The van der Waals surface area contributed by atoms with Crippen molar-refractivity contribution in [2.24, 2.45) is 0 Å². The average molecular weight is 314 g/mol. The molecule has 0 saturated heterocycles. The maximum atomic E-state index is 11.4. The summed E-state index contributed by atoms with van der Waals surface area (Å²) in [6, 6.07) is 5.88. The third kappa shape index (κ3) is 3.38. The van der Waals surface area contributed by atoms with Gasteiger partial charge in [-0.05, 0) is 31.0 Å². The van der Waals surface area contributed by atoms with Crippen LogP contribution in [0.4, 0.5) is 0 Å². The first-order chi connectivity index (χ1) is 8.66. The van der Waals surface area contributed by atoms with Crippen molar-refractivity contribution >= 4 is 21.8 Å². The van der Waals surface area contributed by atoms with Crippen LogP contribution in [-0.4, -0.2) is 30.5 Å². The molecule has 0 radical (unpaired) electrons. The van der Waals surface area contributed by atoms with Gasteiger partial charge in [-0.2, -0.15) is 0 Å². The number of hydrogen-bond donors (Lipinski definition) is 1. The lowest BCUT2D eigenvalue weighted by atomic mass is 10.1. The van der Waals surface area contributed by atoms with Crippen molar-refractivity contribution in [3.05, 3.63) is 23.8 Å². The van der Waals surface area contributed by atoms with E-state index in [1.165, 1.54) is 0 Å². The Morgan fingerprint density at radius 3 is 2.83 bits per heavy atom. The van der Waals surface area contributed by atoms with Gasteiger partial charge >= 0.3 is 0 Å². The zero-order chi connectivity index (χ0) is 13.0. The highest BCUT2D eigenvalue weighted by Crippen LogP contribution is 2.30. The lowest BCUT2D eigenvalue weighted by molar-refractivity contribution is -0.120. The van der Waals surface area contributed by atoms with E-state index in [1.54, 1.807) is 6.92 Å². The van der Waals surface area contributed by atoms with Gasteiger partial charge in [0.1, 0.15) is 13.2 Å². The molecule has 1 aromatic carbocycles. The second kappa shape index (κ2) is 6.09. The number of alkyl halides is 1. The molecule has 0 spiro atoms. The molecule has 1 aromatic rings. The van der Waals surface area contributed by atoms with Gasteiger partial charge in [0.05, 0.1) is 4.83 Å². The molecule has 0 aromatic heterocycles. The molecule has 0 fully saturated rings. The Morgan fingerprint density at radius 1 is 1.39 bits per heavy atom. The summed E-state index contributed by atoms with van der Waals surface area (Å²) in [6.45, 7) is 3.62. The van der Waals surface area contributed by atoms with Crippen molar-refractivity contribution in [2.45, 2.75) is 18.2 Å². The van der Waals surface area contributed by atoms with E-state index in [4.69, 9.17) is 9.47 Å². The van der Waals surface area contributed by atoms with Gasteiger partial charge in [-0.15, -0.1) is 0 Å². The number of fused-ring (bicyclic) bond motifs is 1. The molecule has 98 valence electrons. The summed E-state index contributed by atoms with van der Waals surface area (Å²) in [4.78, 5) is 11.2. The molecule has 18 heavy (non-hydrogen) atoms. The Bertz CT molecular complexity index is 434. The molecule has 2 rings (SSSR count). The van der Waals surface area contributed by atoms with Gasteiger partial charge in [-0.1, -0.05) is 22.0 Å². The molecule has 5 heteroatoms. The molecule has 4 nitrogen and oxygen atoms in total. The molecular formula is C13H16BrNO3. The minimum absolute atomic E-state index is 0.00698. The van der Waals surface area contributed by atoms with E-state index in [0.29, 0.717) is 19.8 Å². The Morgan fingerprint density at radius 2 is 2.11 bits per heavy atom. The van der Waals surface area contributed by atoms with Crippen LogP contribution in [0, 0.1) is 0 Å². The fraction of sp³-hybridized carbons (Fsp3) is 0.462. The number of hydrogen-bond acceptors (Lipinski definition) is 3. The quantitative estimate of drug-likeness (QED) is 0.864. The number of carbonyl (C=O) groups is 1. The van der Waals surface area contributed by atoms with E-state index in [2.05, 4.69) is 21.2 Å². The highest BCUT2D eigenvalue weighted by Gasteiger charge is 2.12. The second-order valence-corrected chi connectivity index (χ2v) is 5.51. The average Bonchev–Trinajstić information content (AvgIpc) is 2.38. The number of halogens is 1.